The standard InChI is InChI=1S/C26H26F2N6O5S/c1-38-25-21(32-40(36,37)23-6-4-18(27)13-19(23)28)11-17(14-30-25)16-3-5-20-22(12-16)34(26(29)31-20)8-2-7-33-9-10-39-15-24(33)35/h3-6,11-14,32H,2,7-10,15H2,1H3,(H2,29,31). The van der Waals surface area contributed by atoms with Gasteiger partial charge in [0.1, 0.15) is 28.8 Å². The molecule has 3 heterocycles. The van der Waals surface area contributed by atoms with E-state index in [1.54, 1.807) is 17.0 Å². The number of carbonyl (C=O) groups is 1. The van der Waals surface area contributed by atoms with Gasteiger partial charge in [0.05, 0.1) is 24.8 Å². The molecule has 0 atom stereocenters. The van der Waals surface area contributed by atoms with Crippen LogP contribution < -0.4 is 15.2 Å². The highest BCUT2D eigenvalue weighted by molar-refractivity contribution is 7.92. The largest absolute Gasteiger partial charge is 0.480 e. The lowest BCUT2D eigenvalue weighted by atomic mass is 10.1. The number of rotatable bonds is 9. The average molecular weight is 573 g/mol. The number of halogens is 2. The number of nitrogens with two attached hydrogens (primary N) is 1. The maximum absolute atomic E-state index is 14.2. The Labute approximate surface area is 228 Å². The van der Waals surface area contributed by atoms with Crippen LogP contribution in [0.4, 0.5) is 20.4 Å². The van der Waals surface area contributed by atoms with Crippen LogP contribution in [0.25, 0.3) is 22.2 Å². The van der Waals surface area contributed by atoms with Crippen LogP contribution in [0.2, 0.25) is 0 Å². The maximum atomic E-state index is 14.2. The molecule has 0 spiro atoms. The number of nitrogens with zero attached hydrogens (tertiary/aromatic N) is 4. The number of ether oxygens (including phenoxy) is 2. The van der Waals surface area contributed by atoms with E-state index in [1.807, 2.05) is 10.6 Å². The van der Waals surface area contributed by atoms with Crippen molar-refractivity contribution in [2.24, 2.45) is 0 Å². The molecule has 2 aromatic heterocycles. The Morgan fingerprint density at radius 3 is 2.70 bits per heavy atom. The minimum Gasteiger partial charge on any atom is -0.480 e. The van der Waals surface area contributed by atoms with Gasteiger partial charge in [-0.2, -0.15) is 0 Å². The van der Waals surface area contributed by atoms with Crippen LogP contribution in [-0.2, 0) is 26.1 Å². The van der Waals surface area contributed by atoms with Crippen molar-refractivity contribution in [3.63, 3.8) is 0 Å². The van der Waals surface area contributed by atoms with Gasteiger partial charge in [0.15, 0.2) is 0 Å². The van der Waals surface area contributed by atoms with Crippen molar-refractivity contribution in [1.29, 1.82) is 0 Å². The van der Waals surface area contributed by atoms with Crippen molar-refractivity contribution in [2.45, 2.75) is 17.9 Å². The van der Waals surface area contributed by atoms with E-state index in [0.29, 0.717) is 61.3 Å². The highest BCUT2D eigenvalue weighted by Crippen LogP contribution is 2.32. The molecule has 0 radical (unpaired) electrons. The Kier molecular flexibility index (Phi) is 7.54. The van der Waals surface area contributed by atoms with Crippen LogP contribution >= 0.6 is 0 Å². The molecule has 4 aromatic rings. The number of hydrogen-bond donors (Lipinski definition) is 2. The second kappa shape index (κ2) is 11.1. The first-order valence-electron chi connectivity index (χ1n) is 12.3. The average Bonchev–Trinajstić information content (AvgIpc) is 3.23. The van der Waals surface area contributed by atoms with Gasteiger partial charge in [-0.1, -0.05) is 6.07 Å². The molecule has 1 aliphatic rings. The number of carbonyl (C=O) groups excluding carboxylic acids is 1. The predicted octanol–water partition coefficient (Wildman–Crippen LogP) is 3.02. The molecular weight excluding hydrogens is 546 g/mol. The minimum atomic E-state index is -4.43. The second-order valence-corrected chi connectivity index (χ2v) is 10.7. The molecule has 0 bridgehead atoms. The van der Waals surface area contributed by atoms with Gasteiger partial charge in [0.25, 0.3) is 10.0 Å². The molecule has 2 aromatic carbocycles. The number of morpholine rings is 1. The number of sulfonamides is 1. The zero-order valence-electron chi connectivity index (χ0n) is 21.4. The van der Waals surface area contributed by atoms with Crippen LogP contribution in [0.15, 0.2) is 53.6 Å². The molecule has 3 N–H and O–H groups in total. The number of aryl methyl sites for hydroxylation is 1. The SMILES string of the molecule is COc1ncc(-c2ccc3nc(N)n(CCCN4CCOCC4=O)c3c2)cc1NS(=O)(=O)c1ccc(F)cc1F. The van der Waals surface area contributed by atoms with Gasteiger partial charge >= 0.3 is 0 Å². The number of nitrogen functional groups attached to an aromatic ring is 1. The number of benzene rings is 2. The minimum absolute atomic E-state index is 0.0352. The van der Waals surface area contributed by atoms with Gasteiger partial charge in [0.2, 0.25) is 17.7 Å². The topological polar surface area (TPSA) is 142 Å². The molecule has 11 nitrogen and oxygen atoms in total. The Hall–Kier alpha value is -4.30. The Morgan fingerprint density at radius 2 is 1.95 bits per heavy atom. The summed E-state index contributed by atoms with van der Waals surface area (Å²) in [5, 5.41) is 0. The van der Waals surface area contributed by atoms with Gasteiger partial charge in [-0.05, 0) is 42.3 Å². The predicted molar refractivity (Wildman–Crippen MR) is 143 cm³/mol. The first-order chi connectivity index (χ1) is 19.2. The van der Waals surface area contributed by atoms with Crippen LogP contribution in [0.3, 0.4) is 0 Å². The quantitative estimate of drug-likeness (QED) is 0.312. The number of fused-ring (bicyclic) bond motifs is 1. The van der Waals surface area contributed by atoms with Crippen LogP contribution in [0.5, 0.6) is 5.88 Å². The molecule has 1 amide bonds. The van der Waals surface area contributed by atoms with Crippen molar-refractivity contribution in [2.75, 3.05) is 43.9 Å². The van der Waals surface area contributed by atoms with Crippen LogP contribution in [0, 0.1) is 11.6 Å². The first-order valence-corrected chi connectivity index (χ1v) is 13.8. The lowest BCUT2D eigenvalue weighted by Gasteiger charge is -2.26. The lowest BCUT2D eigenvalue weighted by molar-refractivity contribution is -0.142. The molecule has 1 aliphatic heterocycles. The fraction of sp³-hybridized carbons (Fsp3) is 0.269. The molecule has 1 saturated heterocycles. The number of nitrogens with one attached hydrogen (secondary N) is 1. The summed E-state index contributed by atoms with van der Waals surface area (Å²) in [6.07, 6.45) is 2.16. The number of pyridine rings is 1. The number of anilines is 2. The molecular formula is C26H26F2N6O5S. The van der Waals surface area contributed by atoms with E-state index >= 15 is 0 Å². The van der Waals surface area contributed by atoms with Gasteiger partial charge in [-0.25, -0.2) is 27.2 Å². The van der Waals surface area contributed by atoms with Crippen LogP contribution in [-0.4, -0.2) is 67.2 Å². The van der Waals surface area contributed by atoms with E-state index in [2.05, 4.69) is 14.7 Å². The number of imidazole rings is 1. The number of aromatic nitrogens is 3. The lowest BCUT2D eigenvalue weighted by Crippen LogP contribution is -2.42. The van der Waals surface area contributed by atoms with Crippen LogP contribution in [0.1, 0.15) is 6.42 Å². The van der Waals surface area contributed by atoms with E-state index in [0.717, 1.165) is 17.6 Å². The molecule has 210 valence electrons. The van der Waals surface area contributed by atoms with E-state index in [1.165, 1.54) is 19.4 Å². The third-order valence-corrected chi connectivity index (χ3v) is 7.88. The second-order valence-electron chi connectivity index (χ2n) is 9.07. The summed E-state index contributed by atoms with van der Waals surface area (Å²) in [4.78, 5) is 21.7. The summed E-state index contributed by atoms with van der Waals surface area (Å²) in [6, 6.07) is 9.10. The summed E-state index contributed by atoms with van der Waals surface area (Å²) >= 11 is 0. The molecule has 0 saturated carbocycles. The monoisotopic (exact) mass is 572 g/mol. The van der Waals surface area contributed by atoms with Crippen molar-refractivity contribution in [3.05, 3.63) is 60.3 Å². The van der Waals surface area contributed by atoms with Crippen molar-refractivity contribution < 1.29 is 31.5 Å². The fourth-order valence-corrected chi connectivity index (χ4v) is 5.61. The summed E-state index contributed by atoms with van der Waals surface area (Å²) in [7, 11) is -3.12. The third kappa shape index (κ3) is 5.53. The smallest absolute Gasteiger partial charge is 0.264 e. The first kappa shape index (κ1) is 27.3. The van der Waals surface area contributed by atoms with E-state index in [4.69, 9.17) is 15.2 Å². The zero-order valence-corrected chi connectivity index (χ0v) is 22.2. The number of amides is 1. The summed E-state index contributed by atoms with van der Waals surface area (Å²) < 4.78 is 67.8. The summed E-state index contributed by atoms with van der Waals surface area (Å²) in [6.45, 7) is 2.23. The molecule has 0 aliphatic carbocycles. The number of hydrogen-bond acceptors (Lipinski definition) is 8. The molecule has 14 heteroatoms. The normalized spacial score (nSPS) is 14.1. The highest BCUT2D eigenvalue weighted by Gasteiger charge is 2.23. The zero-order chi connectivity index (χ0) is 28.4. The van der Waals surface area contributed by atoms with Crippen molar-refractivity contribution in [1.82, 2.24) is 19.4 Å². The van der Waals surface area contributed by atoms with E-state index in [9.17, 15) is 22.0 Å². The van der Waals surface area contributed by atoms with Gasteiger partial charge in [0, 0.05) is 37.5 Å². The van der Waals surface area contributed by atoms with Crippen molar-refractivity contribution in [3.8, 4) is 17.0 Å². The van der Waals surface area contributed by atoms with Gasteiger partial charge < -0.3 is 24.7 Å². The number of methoxy groups -OCH3 is 1. The van der Waals surface area contributed by atoms with Gasteiger partial charge in [-0.15, -0.1) is 0 Å². The summed E-state index contributed by atoms with van der Waals surface area (Å²) in [5.41, 5.74) is 8.78. The molecule has 40 heavy (non-hydrogen) atoms. The molecule has 1 fully saturated rings. The maximum Gasteiger partial charge on any atom is 0.264 e. The van der Waals surface area contributed by atoms with Crippen molar-refractivity contribution >= 4 is 38.6 Å². The Morgan fingerprint density at radius 1 is 1.12 bits per heavy atom. The Bertz CT molecular complexity index is 1690. The molecule has 0 unspecified atom stereocenters. The Balaban J connectivity index is 1.42. The molecule has 5 rings (SSSR count). The highest BCUT2D eigenvalue weighted by atomic mass is 32.2. The van der Waals surface area contributed by atoms with E-state index in [-0.39, 0.29) is 24.1 Å². The fourth-order valence-electron chi connectivity index (χ4n) is 4.50. The van der Waals surface area contributed by atoms with Gasteiger partial charge in [-0.3, -0.25) is 9.52 Å². The third-order valence-electron chi connectivity index (χ3n) is 6.48. The van der Waals surface area contributed by atoms with E-state index < -0.39 is 26.6 Å². The summed E-state index contributed by atoms with van der Waals surface area (Å²) in [5.74, 6) is -1.89.